The first-order valence-electron chi connectivity index (χ1n) is 9.24. The standard InChI is InChI=1S/C19H31N5O/c1-4-20-19(21-12-14-23(3)5-2)22-15-16-8-10-17(11-9-16)24-13-6-7-18(24)25/h8-11H,4-7,12-15H2,1-3H3,(H2,20,21,22). The average molecular weight is 345 g/mol. The van der Waals surface area contributed by atoms with Gasteiger partial charge in [0.25, 0.3) is 0 Å². The number of hydrogen-bond donors (Lipinski definition) is 2. The molecule has 1 fully saturated rings. The van der Waals surface area contributed by atoms with Crippen LogP contribution in [0.25, 0.3) is 0 Å². The fourth-order valence-electron chi connectivity index (χ4n) is 2.74. The van der Waals surface area contributed by atoms with Gasteiger partial charge in [-0.2, -0.15) is 0 Å². The maximum atomic E-state index is 11.8. The minimum atomic E-state index is 0.224. The molecule has 0 bridgehead atoms. The van der Waals surface area contributed by atoms with Crippen molar-refractivity contribution in [2.75, 3.05) is 44.7 Å². The van der Waals surface area contributed by atoms with Crippen LogP contribution in [0.15, 0.2) is 29.3 Å². The van der Waals surface area contributed by atoms with E-state index in [-0.39, 0.29) is 5.91 Å². The largest absolute Gasteiger partial charge is 0.357 e. The maximum absolute atomic E-state index is 11.8. The Morgan fingerprint density at radius 1 is 1.24 bits per heavy atom. The van der Waals surface area contributed by atoms with E-state index in [4.69, 9.17) is 0 Å². The Balaban J connectivity index is 1.89. The van der Waals surface area contributed by atoms with Crippen LogP contribution in [-0.4, -0.2) is 56.5 Å². The first-order valence-corrected chi connectivity index (χ1v) is 9.24. The molecule has 0 atom stereocenters. The highest BCUT2D eigenvalue weighted by molar-refractivity contribution is 5.95. The van der Waals surface area contributed by atoms with Crippen LogP contribution in [0.1, 0.15) is 32.3 Å². The molecule has 1 aliphatic rings. The molecule has 0 radical (unpaired) electrons. The van der Waals surface area contributed by atoms with Gasteiger partial charge in [-0.15, -0.1) is 0 Å². The van der Waals surface area contributed by atoms with Crippen LogP contribution in [0.4, 0.5) is 5.69 Å². The zero-order valence-electron chi connectivity index (χ0n) is 15.7. The van der Waals surface area contributed by atoms with Crippen molar-refractivity contribution in [3.63, 3.8) is 0 Å². The Morgan fingerprint density at radius 2 is 2.00 bits per heavy atom. The molecule has 0 unspecified atom stereocenters. The van der Waals surface area contributed by atoms with E-state index >= 15 is 0 Å². The lowest BCUT2D eigenvalue weighted by molar-refractivity contribution is -0.117. The van der Waals surface area contributed by atoms with E-state index in [1.165, 1.54) is 0 Å². The first-order chi connectivity index (χ1) is 12.1. The van der Waals surface area contributed by atoms with Gasteiger partial charge in [0.2, 0.25) is 5.91 Å². The molecule has 25 heavy (non-hydrogen) atoms. The Bertz CT molecular complexity index is 570. The summed E-state index contributed by atoms with van der Waals surface area (Å²) >= 11 is 0. The van der Waals surface area contributed by atoms with Crippen LogP contribution in [0.3, 0.4) is 0 Å². The van der Waals surface area contributed by atoms with E-state index in [0.29, 0.717) is 13.0 Å². The van der Waals surface area contributed by atoms with E-state index in [0.717, 1.165) is 56.4 Å². The molecule has 0 spiro atoms. The lowest BCUT2D eigenvalue weighted by atomic mass is 10.2. The van der Waals surface area contributed by atoms with Crippen LogP contribution >= 0.6 is 0 Å². The van der Waals surface area contributed by atoms with Gasteiger partial charge < -0.3 is 20.4 Å². The molecule has 1 aromatic rings. The van der Waals surface area contributed by atoms with Crippen molar-refractivity contribution in [1.82, 2.24) is 15.5 Å². The third-order valence-corrected chi connectivity index (χ3v) is 4.41. The van der Waals surface area contributed by atoms with Crippen molar-refractivity contribution in [2.24, 2.45) is 4.99 Å². The molecular weight excluding hydrogens is 314 g/mol. The number of guanidine groups is 1. The number of carbonyl (C=O) groups is 1. The summed E-state index contributed by atoms with van der Waals surface area (Å²) in [6.07, 6.45) is 1.62. The lowest BCUT2D eigenvalue weighted by Crippen LogP contribution is -2.40. The quantitative estimate of drug-likeness (QED) is 0.557. The number of benzene rings is 1. The van der Waals surface area contributed by atoms with E-state index < -0.39 is 0 Å². The first kappa shape index (κ1) is 19.2. The lowest BCUT2D eigenvalue weighted by Gasteiger charge is -2.17. The molecule has 1 aliphatic heterocycles. The van der Waals surface area contributed by atoms with Crippen LogP contribution in [0.5, 0.6) is 0 Å². The smallest absolute Gasteiger partial charge is 0.227 e. The summed E-state index contributed by atoms with van der Waals surface area (Å²) in [7, 11) is 2.11. The van der Waals surface area contributed by atoms with Gasteiger partial charge in [-0.1, -0.05) is 19.1 Å². The van der Waals surface area contributed by atoms with Gasteiger partial charge in [0.05, 0.1) is 6.54 Å². The molecule has 0 aliphatic carbocycles. The zero-order valence-corrected chi connectivity index (χ0v) is 15.7. The molecule has 0 aromatic heterocycles. The summed E-state index contributed by atoms with van der Waals surface area (Å²) in [6.45, 7) is 9.40. The molecule has 2 N–H and O–H groups in total. The van der Waals surface area contributed by atoms with Gasteiger partial charge in [-0.3, -0.25) is 4.79 Å². The maximum Gasteiger partial charge on any atom is 0.227 e. The molecule has 1 amide bonds. The highest BCUT2D eigenvalue weighted by Crippen LogP contribution is 2.21. The molecule has 0 saturated carbocycles. The number of hydrogen-bond acceptors (Lipinski definition) is 3. The molecule has 2 rings (SSSR count). The SMILES string of the molecule is CCNC(=NCc1ccc(N2CCCC2=O)cc1)NCCN(C)CC. The van der Waals surface area contributed by atoms with E-state index in [2.05, 4.69) is 53.6 Å². The number of amides is 1. The fourth-order valence-corrected chi connectivity index (χ4v) is 2.74. The Hall–Kier alpha value is -2.08. The minimum absolute atomic E-state index is 0.224. The number of nitrogens with zero attached hydrogens (tertiary/aromatic N) is 3. The highest BCUT2D eigenvalue weighted by Gasteiger charge is 2.21. The topological polar surface area (TPSA) is 60.0 Å². The molecule has 6 heteroatoms. The van der Waals surface area contributed by atoms with Crippen LogP contribution in [0.2, 0.25) is 0 Å². The van der Waals surface area contributed by atoms with E-state index in [9.17, 15) is 4.79 Å². The second-order valence-corrected chi connectivity index (χ2v) is 6.33. The van der Waals surface area contributed by atoms with Crippen molar-refractivity contribution in [3.05, 3.63) is 29.8 Å². The summed E-state index contributed by atoms with van der Waals surface area (Å²) in [4.78, 5) is 20.6. The summed E-state index contributed by atoms with van der Waals surface area (Å²) in [6, 6.07) is 8.15. The predicted octanol–water partition coefficient (Wildman–Crippen LogP) is 1.82. The molecule has 1 aromatic carbocycles. The van der Waals surface area contributed by atoms with Crippen LogP contribution < -0.4 is 15.5 Å². The Labute approximate surface area is 151 Å². The van der Waals surface area contributed by atoms with E-state index in [1.54, 1.807) is 0 Å². The minimum Gasteiger partial charge on any atom is -0.357 e. The molecule has 138 valence electrons. The third kappa shape index (κ3) is 6.05. The van der Waals surface area contributed by atoms with Crippen molar-refractivity contribution >= 4 is 17.6 Å². The van der Waals surface area contributed by atoms with Gasteiger partial charge in [-0.05, 0) is 44.6 Å². The molecule has 1 saturated heterocycles. The normalized spacial score (nSPS) is 15.1. The molecular formula is C19H31N5O. The third-order valence-electron chi connectivity index (χ3n) is 4.41. The number of anilines is 1. The molecule has 1 heterocycles. The Kier molecular flexibility index (Phi) is 7.73. The van der Waals surface area contributed by atoms with Crippen molar-refractivity contribution in [1.29, 1.82) is 0 Å². The number of likely N-dealkylation sites (N-methyl/N-ethyl adjacent to an activating group) is 1. The monoisotopic (exact) mass is 345 g/mol. The van der Waals surface area contributed by atoms with Crippen LogP contribution in [0, 0.1) is 0 Å². The number of carbonyl (C=O) groups excluding carboxylic acids is 1. The zero-order chi connectivity index (χ0) is 18.1. The highest BCUT2D eigenvalue weighted by atomic mass is 16.2. The molecule has 6 nitrogen and oxygen atoms in total. The van der Waals surface area contributed by atoms with Gasteiger partial charge in [-0.25, -0.2) is 4.99 Å². The van der Waals surface area contributed by atoms with Gasteiger partial charge >= 0.3 is 0 Å². The summed E-state index contributed by atoms with van der Waals surface area (Å²) in [5.41, 5.74) is 2.13. The predicted molar refractivity (Wildman–Crippen MR) is 104 cm³/mol. The van der Waals surface area contributed by atoms with E-state index in [1.807, 2.05) is 17.0 Å². The van der Waals surface area contributed by atoms with Crippen LogP contribution in [-0.2, 0) is 11.3 Å². The van der Waals surface area contributed by atoms with Gasteiger partial charge in [0.1, 0.15) is 0 Å². The number of nitrogens with one attached hydrogen (secondary N) is 2. The summed E-state index contributed by atoms with van der Waals surface area (Å²) < 4.78 is 0. The van der Waals surface area contributed by atoms with Gasteiger partial charge in [0.15, 0.2) is 5.96 Å². The number of aliphatic imine (C=N–C) groups is 1. The van der Waals surface area contributed by atoms with Crippen molar-refractivity contribution in [2.45, 2.75) is 33.2 Å². The summed E-state index contributed by atoms with van der Waals surface area (Å²) in [5.74, 6) is 1.06. The average Bonchev–Trinajstić information content (AvgIpc) is 3.06. The second-order valence-electron chi connectivity index (χ2n) is 6.33. The Morgan fingerprint density at radius 3 is 2.60 bits per heavy atom. The second kappa shape index (κ2) is 10.0. The summed E-state index contributed by atoms with van der Waals surface area (Å²) in [5, 5.41) is 6.64. The fraction of sp³-hybridized carbons (Fsp3) is 0.579. The van der Waals surface area contributed by atoms with Crippen molar-refractivity contribution in [3.8, 4) is 0 Å². The van der Waals surface area contributed by atoms with Crippen molar-refractivity contribution < 1.29 is 4.79 Å². The van der Waals surface area contributed by atoms with Gasteiger partial charge in [0, 0.05) is 38.3 Å². The number of rotatable bonds is 8.